The quantitative estimate of drug-likeness (QED) is 0.663. The second kappa shape index (κ2) is 5.55. The lowest BCUT2D eigenvalue weighted by atomic mass is 10.2. The van der Waals surface area contributed by atoms with E-state index in [1.807, 2.05) is 0 Å². The van der Waals surface area contributed by atoms with Crippen molar-refractivity contribution < 1.29 is 35.5 Å². The Labute approximate surface area is 113 Å². The summed E-state index contributed by atoms with van der Waals surface area (Å²) in [6.45, 7) is 0. The number of nitrogens with two attached hydrogens (primary N) is 1. The summed E-state index contributed by atoms with van der Waals surface area (Å²) in [4.78, 5) is 0. The number of halogens is 8. The van der Waals surface area contributed by atoms with Crippen LogP contribution in [0.2, 0.25) is 5.02 Å². The molecule has 0 bridgehead atoms. The number of benzene rings is 1. The maximum absolute atomic E-state index is 12.9. The minimum atomic E-state index is -5.28. The molecule has 0 aromatic heterocycles. The molecule has 2 N–H and O–H groups in total. The third kappa shape index (κ3) is 4.62. The Balaban J connectivity index is 3.05. The maximum atomic E-state index is 12.9. The second-order valence-electron chi connectivity index (χ2n) is 3.77. The van der Waals surface area contributed by atoms with Crippen molar-refractivity contribution in [2.24, 2.45) is 0 Å². The van der Waals surface area contributed by atoms with E-state index in [2.05, 4.69) is 4.74 Å². The smallest absolute Gasteiger partial charge is 0.425 e. The van der Waals surface area contributed by atoms with E-state index in [-0.39, 0.29) is 0 Å². The van der Waals surface area contributed by atoms with Crippen molar-refractivity contribution in [3.05, 3.63) is 23.0 Å². The van der Waals surface area contributed by atoms with Crippen LogP contribution < -0.4 is 10.5 Å². The fraction of sp³-hybridized carbons (Fsp3) is 0.400. The molecule has 0 spiro atoms. The van der Waals surface area contributed by atoms with E-state index in [1.54, 1.807) is 0 Å². The monoisotopic (exact) mass is 325 g/mol. The van der Waals surface area contributed by atoms with E-state index in [9.17, 15) is 30.7 Å². The molecule has 0 aliphatic heterocycles. The predicted octanol–water partition coefficient (Wildman–Crippen LogP) is 4.32. The summed E-state index contributed by atoms with van der Waals surface area (Å²) in [6.07, 6.45) is -15.8. The van der Waals surface area contributed by atoms with Crippen molar-refractivity contribution in [1.82, 2.24) is 0 Å². The Morgan fingerprint density at radius 1 is 1.15 bits per heavy atom. The third-order valence-corrected chi connectivity index (χ3v) is 2.40. The Bertz CT molecular complexity index is 486. The molecule has 1 unspecified atom stereocenters. The number of anilines is 1. The highest BCUT2D eigenvalue weighted by atomic mass is 35.5. The van der Waals surface area contributed by atoms with Crippen LogP contribution in [0, 0.1) is 5.82 Å². The number of hydrogen-bond acceptors (Lipinski definition) is 2. The van der Waals surface area contributed by atoms with Gasteiger partial charge in [0.2, 0.25) is 6.10 Å². The van der Waals surface area contributed by atoms with Gasteiger partial charge in [-0.05, 0) is 6.07 Å². The van der Waals surface area contributed by atoms with Gasteiger partial charge < -0.3 is 10.5 Å². The van der Waals surface area contributed by atoms with E-state index < -0.39 is 47.2 Å². The first-order valence-electron chi connectivity index (χ1n) is 4.95. The molecule has 10 heteroatoms. The number of nitrogen functional groups attached to an aromatic ring is 1. The van der Waals surface area contributed by atoms with Crippen LogP contribution in [0.1, 0.15) is 6.42 Å². The fourth-order valence-corrected chi connectivity index (χ4v) is 1.42. The van der Waals surface area contributed by atoms with Gasteiger partial charge in [-0.2, -0.15) is 26.3 Å². The van der Waals surface area contributed by atoms with E-state index in [0.717, 1.165) is 0 Å². The molecule has 1 aromatic rings. The first-order valence-corrected chi connectivity index (χ1v) is 5.32. The first-order chi connectivity index (χ1) is 8.90. The standard InChI is InChI=1S/C10H7ClF7NO/c11-4-1-5(12)6(19)2-7(4)20-8(10(16,17)18)3-9(13,14)15/h1-2,8H,3,19H2. The van der Waals surface area contributed by atoms with Gasteiger partial charge in [-0.3, -0.25) is 0 Å². The van der Waals surface area contributed by atoms with Gasteiger partial charge in [-0.25, -0.2) is 4.39 Å². The van der Waals surface area contributed by atoms with Crippen molar-refractivity contribution >= 4 is 17.3 Å². The van der Waals surface area contributed by atoms with Gasteiger partial charge >= 0.3 is 12.4 Å². The van der Waals surface area contributed by atoms with E-state index in [4.69, 9.17) is 17.3 Å². The van der Waals surface area contributed by atoms with Crippen molar-refractivity contribution in [3.63, 3.8) is 0 Å². The summed E-state index contributed by atoms with van der Waals surface area (Å²) in [5.74, 6) is -1.81. The van der Waals surface area contributed by atoms with Crippen LogP contribution in [-0.4, -0.2) is 18.5 Å². The fourth-order valence-electron chi connectivity index (χ4n) is 1.22. The van der Waals surface area contributed by atoms with E-state index >= 15 is 0 Å². The van der Waals surface area contributed by atoms with Crippen LogP contribution in [0.4, 0.5) is 36.4 Å². The largest absolute Gasteiger partial charge is 0.479 e. The Morgan fingerprint density at radius 2 is 1.70 bits per heavy atom. The van der Waals surface area contributed by atoms with Crippen LogP contribution >= 0.6 is 11.6 Å². The summed E-state index contributed by atoms with van der Waals surface area (Å²) >= 11 is 5.40. The lowest BCUT2D eigenvalue weighted by Gasteiger charge is -2.23. The summed E-state index contributed by atoms with van der Waals surface area (Å²) in [5, 5.41) is -0.617. The molecule has 0 saturated heterocycles. The van der Waals surface area contributed by atoms with Gasteiger partial charge in [0, 0.05) is 6.07 Å². The molecule has 0 radical (unpaired) electrons. The number of ether oxygens (including phenoxy) is 1. The molecule has 2 nitrogen and oxygen atoms in total. The minimum Gasteiger partial charge on any atom is -0.479 e. The third-order valence-electron chi connectivity index (χ3n) is 2.10. The summed E-state index contributed by atoms with van der Waals surface area (Å²) in [5.41, 5.74) is 4.48. The van der Waals surface area contributed by atoms with Gasteiger partial charge in [0.25, 0.3) is 0 Å². The Kier molecular flexibility index (Phi) is 4.62. The van der Waals surface area contributed by atoms with Crippen LogP contribution in [0.5, 0.6) is 5.75 Å². The van der Waals surface area contributed by atoms with E-state index in [1.165, 1.54) is 0 Å². The lowest BCUT2D eigenvalue weighted by Crippen LogP contribution is -2.38. The molecule has 0 saturated carbocycles. The summed E-state index contributed by atoms with van der Waals surface area (Å²) in [7, 11) is 0. The zero-order valence-corrected chi connectivity index (χ0v) is 10.2. The van der Waals surface area contributed by atoms with Crippen molar-refractivity contribution in [2.75, 3.05) is 5.73 Å². The number of rotatable bonds is 3. The number of hydrogen-bond donors (Lipinski definition) is 1. The Morgan fingerprint density at radius 3 is 2.15 bits per heavy atom. The zero-order chi connectivity index (χ0) is 15.7. The molecule has 20 heavy (non-hydrogen) atoms. The zero-order valence-electron chi connectivity index (χ0n) is 9.45. The number of alkyl halides is 6. The normalized spacial score (nSPS) is 14.2. The average Bonchev–Trinajstić information content (AvgIpc) is 2.21. The summed E-state index contributed by atoms with van der Waals surface area (Å²) < 4.78 is 90.8. The lowest BCUT2D eigenvalue weighted by molar-refractivity contribution is -0.234. The molecular formula is C10H7ClF7NO. The Hall–Kier alpha value is -1.38. The molecule has 0 fully saturated rings. The van der Waals surface area contributed by atoms with Crippen molar-refractivity contribution in [3.8, 4) is 5.75 Å². The highest BCUT2D eigenvalue weighted by Gasteiger charge is 2.48. The molecule has 1 aromatic carbocycles. The second-order valence-corrected chi connectivity index (χ2v) is 4.18. The van der Waals surface area contributed by atoms with Crippen molar-refractivity contribution in [1.29, 1.82) is 0 Å². The molecule has 0 aliphatic rings. The molecule has 1 atom stereocenters. The molecule has 0 amide bonds. The highest BCUT2D eigenvalue weighted by molar-refractivity contribution is 6.32. The van der Waals surface area contributed by atoms with Crippen LogP contribution in [0.15, 0.2) is 12.1 Å². The van der Waals surface area contributed by atoms with Gasteiger partial charge in [0.05, 0.1) is 17.1 Å². The van der Waals surface area contributed by atoms with Crippen LogP contribution in [-0.2, 0) is 0 Å². The topological polar surface area (TPSA) is 35.2 Å². The average molecular weight is 326 g/mol. The van der Waals surface area contributed by atoms with E-state index in [0.29, 0.717) is 12.1 Å². The molecule has 0 heterocycles. The molecule has 0 aliphatic carbocycles. The molecular weight excluding hydrogens is 319 g/mol. The van der Waals surface area contributed by atoms with Gasteiger partial charge in [0.1, 0.15) is 11.6 Å². The SMILES string of the molecule is Nc1cc(OC(CC(F)(F)F)C(F)(F)F)c(Cl)cc1F. The molecule has 1 rings (SSSR count). The predicted molar refractivity (Wildman–Crippen MR) is 57.0 cm³/mol. The van der Waals surface area contributed by atoms with Crippen LogP contribution in [0.3, 0.4) is 0 Å². The molecule has 114 valence electrons. The maximum Gasteiger partial charge on any atom is 0.425 e. The minimum absolute atomic E-state index is 0.549. The highest BCUT2D eigenvalue weighted by Crippen LogP contribution is 2.37. The van der Waals surface area contributed by atoms with Gasteiger partial charge in [-0.15, -0.1) is 0 Å². The van der Waals surface area contributed by atoms with Gasteiger partial charge in [0.15, 0.2) is 0 Å². The summed E-state index contributed by atoms with van der Waals surface area (Å²) in [6, 6.07) is 1.14. The first kappa shape index (κ1) is 16.7. The van der Waals surface area contributed by atoms with Crippen LogP contribution in [0.25, 0.3) is 0 Å². The van der Waals surface area contributed by atoms with Gasteiger partial charge in [-0.1, -0.05) is 11.6 Å². The van der Waals surface area contributed by atoms with Crippen molar-refractivity contribution in [2.45, 2.75) is 24.9 Å².